The van der Waals surface area contributed by atoms with E-state index in [1.165, 1.54) is 0 Å². The lowest BCUT2D eigenvalue weighted by molar-refractivity contribution is 0.316. The summed E-state index contributed by atoms with van der Waals surface area (Å²) in [5.41, 5.74) is 1.87. The number of nitrogens with one attached hydrogen (secondary N) is 1. The predicted molar refractivity (Wildman–Crippen MR) is 89.4 cm³/mol. The lowest BCUT2D eigenvalue weighted by Crippen LogP contribution is -2.13. The first-order valence-electron chi connectivity index (χ1n) is 7.54. The summed E-state index contributed by atoms with van der Waals surface area (Å²) in [7, 11) is 3.23. The zero-order valence-corrected chi connectivity index (χ0v) is 13.8. The Labute approximate surface area is 136 Å². The van der Waals surface area contributed by atoms with Crippen molar-refractivity contribution in [3.05, 3.63) is 47.5 Å². The molecule has 0 aromatic heterocycles. The van der Waals surface area contributed by atoms with Gasteiger partial charge in [-0.05, 0) is 30.7 Å². The minimum Gasteiger partial charge on any atom is -0.504 e. The second-order valence-electron chi connectivity index (χ2n) is 4.99. The van der Waals surface area contributed by atoms with E-state index in [4.69, 9.17) is 14.2 Å². The zero-order valence-electron chi connectivity index (χ0n) is 13.8. The van der Waals surface area contributed by atoms with Crippen LogP contribution in [0.2, 0.25) is 0 Å². The van der Waals surface area contributed by atoms with Gasteiger partial charge in [0, 0.05) is 18.7 Å². The van der Waals surface area contributed by atoms with Crippen molar-refractivity contribution in [1.29, 1.82) is 0 Å². The molecule has 2 N–H and O–H groups in total. The third kappa shape index (κ3) is 4.29. The lowest BCUT2D eigenvalue weighted by Gasteiger charge is -2.12. The van der Waals surface area contributed by atoms with Gasteiger partial charge in [0.1, 0.15) is 0 Å². The second-order valence-corrected chi connectivity index (χ2v) is 4.99. The van der Waals surface area contributed by atoms with Gasteiger partial charge < -0.3 is 24.6 Å². The number of hydrogen-bond donors (Lipinski definition) is 2. The molecule has 0 saturated heterocycles. The maximum atomic E-state index is 10.2. The second kappa shape index (κ2) is 8.29. The van der Waals surface area contributed by atoms with Crippen LogP contribution in [-0.2, 0) is 13.1 Å². The predicted octanol–water partition coefficient (Wildman–Crippen LogP) is 3.10. The first-order valence-corrected chi connectivity index (χ1v) is 7.54. The van der Waals surface area contributed by atoms with Crippen LogP contribution in [0.1, 0.15) is 18.1 Å². The Morgan fingerprint density at radius 3 is 2.43 bits per heavy atom. The molecule has 2 aromatic rings. The molecule has 23 heavy (non-hydrogen) atoms. The fraction of sp³-hybridized carbons (Fsp3) is 0.333. The Balaban J connectivity index is 1.99. The number of benzene rings is 2. The average molecular weight is 317 g/mol. The topological polar surface area (TPSA) is 60.0 Å². The van der Waals surface area contributed by atoms with Gasteiger partial charge >= 0.3 is 0 Å². The van der Waals surface area contributed by atoms with Crippen molar-refractivity contribution in [2.75, 3.05) is 20.8 Å². The molecule has 2 rings (SSSR count). The largest absolute Gasteiger partial charge is 0.504 e. The van der Waals surface area contributed by atoms with Gasteiger partial charge in [0.25, 0.3) is 0 Å². The van der Waals surface area contributed by atoms with E-state index < -0.39 is 0 Å². The fourth-order valence-corrected chi connectivity index (χ4v) is 2.31. The molecule has 0 heterocycles. The van der Waals surface area contributed by atoms with Crippen LogP contribution < -0.4 is 19.5 Å². The van der Waals surface area contributed by atoms with Crippen LogP contribution >= 0.6 is 0 Å². The van der Waals surface area contributed by atoms with Crippen LogP contribution in [0, 0.1) is 0 Å². The molecule has 5 nitrogen and oxygen atoms in total. The van der Waals surface area contributed by atoms with E-state index >= 15 is 0 Å². The fourth-order valence-electron chi connectivity index (χ4n) is 2.31. The number of ether oxygens (including phenoxy) is 3. The average Bonchev–Trinajstić information content (AvgIpc) is 2.58. The maximum Gasteiger partial charge on any atom is 0.162 e. The van der Waals surface area contributed by atoms with Crippen molar-refractivity contribution in [2.45, 2.75) is 20.0 Å². The van der Waals surface area contributed by atoms with Crippen molar-refractivity contribution in [3.8, 4) is 23.0 Å². The monoisotopic (exact) mass is 317 g/mol. The van der Waals surface area contributed by atoms with E-state index in [0.717, 1.165) is 11.1 Å². The van der Waals surface area contributed by atoms with Crippen LogP contribution in [0.4, 0.5) is 0 Å². The minimum absolute atomic E-state index is 0.189. The van der Waals surface area contributed by atoms with Crippen LogP contribution in [0.5, 0.6) is 23.0 Å². The summed E-state index contributed by atoms with van der Waals surface area (Å²) < 4.78 is 15.9. The third-order valence-electron chi connectivity index (χ3n) is 3.47. The number of phenolic OH excluding ortho intramolecular Hbond substituents is 1. The highest BCUT2D eigenvalue weighted by Gasteiger charge is 2.08. The Morgan fingerprint density at radius 1 is 0.957 bits per heavy atom. The van der Waals surface area contributed by atoms with Gasteiger partial charge in [0.2, 0.25) is 0 Å². The summed E-state index contributed by atoms with van der Waals surface area (Å²) in [4.78, 5) is 0. The van der Waals surface area contributed by atoms with Gasteiger partial charge in [-0.2, -0.15) is 0 Å². The van der Waals surface area contributed by atoms with Gasteiger partial charge in [-0.3, -0.25) is 0 Å². The SMILES string of the molecule is CCOc1cccc(CNCc2ccc(OC)c(OC)c2)c1O. The molecule has 0 aliphatic carbocycles. The van der Waals surface area contributed by atoms with E-state index in [1.54, 1.807) is 20.3 Å². The molecular weight excluding hydrogens is 294 g/mol. The van der Waals surface area contributed by atoms with Crippen molar-refractivity contribution >= 4 is 0 Å². The molecule has 0 aliphatic rings. The molecule has 5 heteroatoms. The standard InChI is InChI=1S/C18H23NO4/c1-4-23-16-7-5-6-14(18(16)20)12-19-11-13-8-9-15(21-2)17(10-13)22-3/h5-10,19-20H,4,11-12H2,1-3H3. The van der Waals surface area contributed by atoms with E-state index in [9.17, 15) is 5.11 Å². The van der Waals surface area contributed by atoms with Gasteiger partial charge in [-0.25, -0.2) is 0 Å². The van der Waals surface area contributed by atoms with Crippen molar-refractivity contribution < 1.29 is 19.3 Å². The smallest absolute Gasteiger partial charge is 0.162 e. The number of rotatable bonds is 8. The van der Waals surface area contributed by atoms with Gasteiger partial charge in [-0.15, -0.1) is 0 Å². The number of para-hydroxylation sites is 1. The molecule has 0 spiro atoms. The highest BCUT2D eigenvalue weighted by atomic mass is 16.5. The highest BCUT2D eigenvalue weighted by Crippen LogP contribution is 2.30. The van der Waals surface area contributed by atoms with Gasteiger partial charge in [0.05, 0.1) is 20.8 Å². The number of aromatic hydroxyl groups is 1. The molecule has 0 amide bonds. The molecular formula is C18H23NO4. The normalized spacial score (nSPS) is 10.4. The number of methoxy groups -OCH3 is 2. The summed E-state index contributed by atoms with van der Waals surface area (Å²) in [5.74, 6) is 2.11. The Bertz CT molecular complexity index is 643. The summed E-state index contributed by atoms with van der Waals surface area (Å²) in [6, 6.07) is 11.3. The lowest BCUT2D eigenvalue weighted by atomic mass is 10.1. The van der Waals surface area contributed by atoms with Crippen LogP contribution in [0.15, 0.2) is 36.4 Å². The Kier molecular flexibility index (Phi) is 6.11. The summed E-state index contributed by atoms with van der Waals surface area (Å²) >= 11 is 0. The van der Waals surface area contributed by atoms with Crippen LogP contribution in [-0.4, -0.2) is 25.9 Å². The van der Waals surface area contributed by atoms with E-state index in [2.05, 4.69) is 5.32 Å². The molecule has 124 valence electrons. The number of hydrogen-bond acceptors (Lipinski definition) is 5. The van der Waals surface area contributed by atoms with Crippen LogP contribution in [0.3, 0.4) is 0 Å². The highest BCUT2D eigenvalue weighted by molar-refractivity contribution is 5.45. The number of phenols is 1. The summed E-state index contributed by atoms with van der Waals surface area (Å²) in [6.45, 7) is 3.61. The van der Waals surface area contributed by atoms with Gasteiger partial charge in [-0.1, -0.05) is 18.2 Å². The molecule has 2 aromatic carbocycles. The first kappa shape index (κ1) is 17.0. The maximum absolute atomic E-state index is 10.2. The van der Waals surface area contributed by atoms with Crippen molar-refractivity contribution in [2.24, 2.45) is 0 Å². The van der Waals surface area contributed by atoms with Crippen molar-refractivity contribution in [1.82, 2.24) is 5.32 Å². The Morgan fingerprint density at radius 2 is 1.74 bits per heavy atom. The first-order chi connectivity index (χ1) is 11.2. The molecule has 0 aliphatic heterocycles. The molecule has 0 unspecified atom stereocenters. The van der Waals surface area contributed by atoms with E-state index in [0.29, 0.717) is 36.9 Å². The van der Waals surface area contributed by atoms with Crippen LogP contribution in [0.25, 0.3) is 0 Å². The van der Waals surface area contributed by atoms with Gasteiger partial charge in [0.15, 0.2) is 23.0 Å². The molecule has 0 bridgehead atoms. The summed E-state index contributed by atoms with van der Waals surface area (Å²) in [5, 5.41) is 13.5. The Hall–Kier alpha value is -2.40. The zero-order chi connectivity index (χ0) is 16.7. The molecule has 0 saturated carbocycles. The molecule has 0 radical (unpaired) electrons. The van der Waals surface area contributed by atoms with E-state index in [-0.39, 0.29) is 5.75 Å². The summed E-state index contributed by atoms with van der Waals surface area (Å²) in [6.07, 6.45) is 0. The van der Waals surface area contributed by atoms with Crippen molar-refractivity contribution in [3.63, 3.8) is 0 Å². The molecule has 0 fully saturated rings. The molecule has 0 atom stereocenters. The quantitative estimate of drug-likeness (QED) is 0.783. The minimum atomic E-state index is 0.189. The van der Waals surface area contributed by atoms with E-state index in [1.807, 2.05) is 37.3 Å². The third-order valence-corrected chi connectivity index (χ3v) is 3.47.